The number of pyridine rings is 1. The zero-order valence-electron chi connectivity index (χ0n) is 36.8. The Kier molecular flexibility index (Phi) is 15.5. The van der Waals surface area contributed by atoms with Crippen LogP contribution in [-0.2, 0) is 58.8 Å². The van der Waals surface area contributed by atoms with Crippen LogP contribution in [0.5, 0.6) is 0 Å². The summed E-state index contributed by atoms with van der Waals surface area (Å²) in [5, 5.41) is 5.60. The number of hydrogen-bond acceptors (Lipinski definition) is 9. The Bertz CT molecular complexity index is 2210. The van der Waals surface area contributed by atoms with Gasteiger partial charge in [0.1, 0.15) is 12.1 Å². The highest BCUT2D eigenvalue weighted by molar-refractivity contribution is 7.84. The highest BCUT2D eigenvalue weighted by Crippen LogP contribution is 2.42. The lowest BCUT2D eigenvalue weighted by Gasteiger charge is -2.34. The summed E-state index contributed by atoms with van der Waals surface area (Å²) >= 11 is 0. The van der Waals surface area contributed by atoms with Crippen LogP contribution < -0.4 is 10.7 Å². The molecule has 60 heavy (non-hydrogen) atoms. The van der Waals surface area contributed by atoms with Gasteiger partial charge in [0, 0.05) is 97.2 Å². The van der Waals surface area contributed by atoms with Gasteiger partial charge < -0.3 is 24.3 Å². The number of aryl methyl sites for hydroxylation is 1. The molecule has 1 saturated heterocycles. The summed E-state index contributed by atoms with van der Waals surface area (Å²) in [5.41, 5.74) is 10.0. The SMILES string of the molecule is CCn1c(-c2cccnc2C(C)OC)c(CC(C)(C)COC=O)c2cc(-c3cc(CC(NC(=O)C(C(C)C)N(C)C(C)=O)C(=O)N4CCCCN4)cc(S(C)=O)c3)ccc21. The molecule has 3 heterocycles. The summed E-state index contributed by atoms with van der Waals surface area (Å²) in [5.74, 6) is -1.16. The van der Waals surface area contributed by atoms with E-state index in [2.05, 4.69) is 60.3 Å². The van der Waals surface area contributed by atoms with Crippen molar-refractivity contribution in [2.45, 2.75) is 104 Å². The van der Waals surface area contributed by atoms with Gasteiger partial charge in [-0.05, 0) is 97.7 Å². The van der Waals surface area contributed by atoms with Crippen molar-refractivity contribution in [2.24, 2.45) is 11.3 Å². The van der Waals surface area contributed by atoms with E-state index in [0.717, 1.165) is 62.9 Å². The Morgan fingerprint density at radius 1 is 1.08 bits per heavy atom. The van der Waals surface area contributed by atoms with E-state index in [1.54, 1.807) is 31.6 Å². The molecule has 0 radical (unpaired) electrons. The molecule has 4 atom stereocenters. The first-order valence-electron chi connectivity index (χ1n) is 20.8. The van der Waals surface area contributed by atoms with Crippen LogP contribution in [0.1, 0.15) is 84.2 Å². The minimum absolute atomic E-state index is 0.131. The standard InChI is InChI=1S/C46H62N6O7S/c1-11-51-40-17-16-33(25-37(40)38(26-46(6,7)27-59-28-53)43(51)36-15-14-18-47-41(36)30(4)58-9)34-21-32(22-35(24-34)60(10)57)23-39(45(56)52-20-13-12-19-48-52)49-44(55)42(29(2)3)50(8)31(5)54/h14-18,21-22,24-25,28-30,39,42,48H,11-13,19-20,23,26-27H2,1-10H3,(H,49,55). The van der Waals surface area contributed by atoms with Crippen molar-refractivity contribution >= 4 is 45.9 Å². The Morgan fingerprint density at radius 2 is 1.83 bits per heavy atom. The van der Waals surface area contributed by atoms with E-state index in [-0.39, 0.29) is 36.9 Å². The Balaban J connectivity index is 1.67. The third kappa shape index (κ3) is 10.5. The van der Waals surface area contributed by atoms with Crippen LogP contribution >= 0.6 is 0 Å². The number of carbonyl (C=O) groups excluding carboxylic acids is 4. The fourth-order valence-corrected chi connectivity index (χ4v) is 8.86. The van der Waals surface area contributed by atoms with Crippen molar-refractivity contribution in [3.63, 3.8) is 0 Å². The smallest absolute Gasteiger partial charge is 0.293 e. The summed E-state index contributed by atoms with van der Waals surface area (Å²) in [4.78, 5) is 58.6. The van der Waals surface area contributed by atoms with Crippen LogP contribution in [0, 0.1) is 11.3 Å². The van der Waals surface area contributed by atoms with Gasteiger partial charge in [-0.1, -0.05) is 39.8 Å². The lowest BCUT2D eigenvalue weighted by molar-refractivity contribution is -0.143. The average Bonchev–Trinajstić information content (AvgIpc) is 3.53. The molecule has 5 rings (SSSR count). The zero-order chi connectivity index (χ0) is 43.9. The van der Waals surface area contributed by atoms with E-state index in [4.69, 9.17) is 14.5 Å². The predicted molar refractivity (Wildman–Crippen MR) is 235 cm³/mol. The van der Waals surface area contributed by atoms with Gasteiger partial charge in [0.15, 0.2) is 0 Å². The van der Waals surface area contributed by atoms with Crippen LogP contribution in [-0.4, -0.2) is 100 Å². The monoisotopic (exact) mass is 842 g/mol. The molecular weight excluding hydrogens is 781 g/mol. The fourth-order valence-electron chi connectivity index (χ4n) is 8.25. The predicted octanol–water partition coefficient (Wildman–Crippen LogP) is 6.23. The molecule has 0 spiro atoms. The number of hydrazine groups is 1. The molecule has 2 aromatic heterocycles. The largest absolute Gasteiger partial charge is 0.467 e. The quantitative estimate of drug-likeness (QED) is 0.111. The third-order valence-corrected chi connectivity index (χ3v) is 12.3. The molecule has 2 N–H and O–H groups in total. The highest BCUT2D eigenvalue weighted by atomic mass is 32.2. The van der Waals surface area contributed by atoms with Gasteiger partial charge in [-0.15, -0.1) is 0 Å². The number of nitrogens with zero attached hydrogens (tertiary/aromatic N) is 4. The first kappa shape index (κ1) is 46.2. The molecular formula is C46H62N6O7S. The van der Waals surface area contributed by atoms with Crippen LogP contribution in [0.4, 0.5) is 0 Å². The number of ether oxygens (including phenoxy) is 2. The first-order chi connectivity index (χ1) is 28.5. The number of rotatable bonds is 18. The van der Waals surface area contributed by atoms with Gasteiger partial charge >= 0.3 is 0 Å². The van der Waals surface area contributed by atoms with Crippen molar-refractivity contribution in [1.29, 1.82) is 0 Å². The minimum atomic E-state index is -1.38. The Hall–Kier alpha value is -4.92. The molecule has 1 aliphatic heterocycles. The zero-order valence-corrected chi connectivity index (χ0v) is 37.6. The molecule has 2 aromatic carbocycles. The number of methoxy groups -OCH3 is 1. The summed E-state index contributed by atoms with van der Waals surface area (Å²) in [6, 6.07) is 14.3. The number of nitrogens with one attached hydrogen (secondary N) is 2. The minimum Gasteiger partial charge on any atom is -0.467 e. The normalized spacial score (nSPS) is 15.3. The van der Waals surface area contributed by atoms with Crippen molar-refractivity contribution in [1.82, 2.24) is 30.2 Å². The highest BCUT2D eigenvalue weighted by Gasteiger charge is 2.34. The molecule has 13 nitrogen and oxygen atoms in total. The van der Waals surface area contributed by atoms with Crippen LogP contribution in [0.25, 0.3) is 33.3 Å². The maximum atomic E-state index is 14.2. The summed E-state index contributed by atoms with van der Waals surface area (Å²) in [7, 11) is 1.89. The van der Waals surface area contributed by atoms with Gasteiger partial charge in [-0.3, -0.25) is 33.4 Å². The number of hydrogen-bond donors (Lipinski definition) is 2. The van der Waals surface area contributed by atoms with Crippen molar-refractivity contribution in [3.05, 3.63) is 71.5 Å². The maximum Gasteiger partial charge on any atom is 0.293 e. The van der Waals surface area contributed by atoms with E-state index in [1.807, 2.05) is 45.0 Å². The third-order valence-electron chi connectivity index (χ3n) is 11.4. The fraction of sp³-hybridized carbons (Fsp3) is 0.500. The summed E-state index contributed by atoms with van der Waals surface area (Å²) < 4.78 is 26.6. The molecule has 324 valence electrons. The molecule has 0 aliphatic carbocycles. The first-order valence-corrected chi connectivity index (χ1v) is 22.3. The number of benzene rings is 2. The van der Waals surface area contributed by atoms with Crippen LogP contribution in [0.2, 0.25) is 0 Å². The van der Waals surface area contributed by atoms with Crippen molar-refractivity contribution in [3.8, 4) is 22.4 Å². The number of carbonyl (C=O) groups is 4. The Morgan fingerprint density at radius 3 is 2.45 bits per heavy atom. The molecule has 0 saturated carbocycles. The lowest BCUT2D eigenvalue weighted by Crippen LogP contribution is -2.59. The second-order valence-corrected chi connectivity index (χ2v) is 18.3. The van der Waals surface area contributed by atoms with Gasteiger partial charge in [0.2, 0.25) is 11.8 Å². The van der Waals surface area contributed by atoms with Gasteiger partial charge in [0.25, 0.3) is 12.4 Å². The maximum absolute atomic E-state index is 14.2. The number of likely N-dealkylation sites (N-methyl/N-ethyl adjacent to an activating group) is 1. The molecule has 4 unspecified atom stereocenters. The van der Waals surface area contributed by atoms with E-state index >= 15 is 0 Å². The Labute approximate surface area is 357 Å². The topological polar surface area (TPSA) is 152 Å². The molecule has 14 heteroatoms. The molecule has 1 aliphatic rings. The average molecular weight is 843 g/mol. The van der Waals surface area contributed by atoms with Gasteiger partial charge in [-0.2, -0.15) is 0 Å². The molecule has 0 bridgehead atoms. The molecule has 1 fully saturated rings. The van der Waals surface area contributed by atoms with Crippen LogP contribution in [0.3, 0.4) is 0 Å². The van der Waals surface area contributed by atoms with Crippen LogP contribution in [0.15, 0.2) is 59.6 Å². The van der Waals surface area contributed by atoms with Crippen molar-refractivity contribution < 1.29 is 32.9 Å². The van der Waals surface area contributed by atoms with E-state index in [0.29, 0.717) is 37.4 Å². The van der Waals surface area contributed by atoms with Gasteiger partial charge in [0.05, 0.1) is 24.1 Å². The van der Waals surface area contributed by atoms with E-state index in [1.165, 1.54) is 11.8 Å². The molecule has 3 amide bonds. The molecule has 4 aromatic rings. The summed E-state index contributed by atoms with van der Waals surface area (Å²) in [6.07, 6.45) is 5.60. The summed E-state index contributed by atoms with van der Waals surface area (Å²) in [6.45, 7) is 15.9. The van der Waals surface area contributed by atoms with E-state index < -0.39 is 34.2 Å². The number of fused-ring (bicyclic) bond motifs is 1. The van der Waals surface area contributed by atoms with Gasteiger partial charge in [-0.25, -0.2) is 5.43 Å². The van der Waals surface area contributed by atoms with Crippen molar-refractivity contribution in [2.75, 3.05) is 40.1 Å². The number of amides is 3. The second-order valence-electron chi connectivity index (χ2n) is 16.9. The van der Waals surface area contributed by atoms with E-state index in [9.17, 15) is 23.4 Å². The lowest BCUT2D eigenvalue weighted by atomic mass is 9.84. The number of aromatic nitrogens is 2. The second kappa shape index (κ2) is 20.1.